The van der Waals surface area contributed by atoms with Gasteiger partial charge in [0.25, 0.3) is 5.91 Å². The summed E-state index contributed by atoms with van der Waals surface area (Å²) in [4.78, 5) is 12.1. The van der Waals surface area contributed by atoms with E-state index >= 15 is 0 Å². The van der Waals surface area contributed by atoms with Crippen molar-refractivity contribution < 1.29 is 13.2 Å². The van der Waals surface area contributed by atoms with Gasteiger partial charge < -0.3 is 5.32 Å². The molecule has 0 saturated carbocycles. The summed E-state index contributed by atoms with van der Waals surface area (Å²) in [6.07, 6.45) is 0. The van der Waals surface area contributed by atoms with Gasteiger partial charge in [-0.05, 0) is 57.3 Å². The zero-order valence-electron chi connectivity index (χ0n) is 13.6. The lowest BCUT2D eigenvalue weighted by Gasteiger charge is -2.23. The molecule has 0 aliphatic carbocycles. The summed E-state index contributed by atoms with van der Waals surface area (Å²) >= 11 is 5.04. The van der Waals surface area contributed by atoms with Gasteiger partial charge >= 0.3 is 0 Å². The van der Waals surface area contributed by atoms with Crippen LogP contribution in [0.15, 0.2) is 29.2 Å². The van der Waals surface area contributed by atoms with Crippen molar-refractivity contribution in [2.24, 2.45) is 0 Å². The highest BCUT2D eigenvalue weighted by Crippen LogP contribution is 2.10. The van der Waals surface area contributed by atoms with Crippen molar-refractivity contribution in [1.82, 2.24) is 20.9 Å². The number of hydrogen-bond acceptors (Lipinski definition) is 4. The Morgan fingerprint density at radius 2 is 1.70 bits per heavy atom. The lowest BCUT2D eigenvalue weighted by molar-refractivity contribution is 0.0943. The van der Waals surface area contributed by atoms with Gasteiger partial charge in [-0.15, -0.1) is 0 Å². The van der Waals surface area contributed by atoms with E-state index in [4.69, 9.17) is 12.2 Å². The van der Waals surface area contributed by atoms with Crippen LogP contribution < -0.4 is 20.9 Å². The van der Waals surface area contributed by atoms with Crippen molar-refractivity contribution in [3.63, 3.8) is 0 Å². The van der Waals surface area contributed by atoms with E-state index in [1.54, 1.807) is 6.92 Å². The van der Waals surface area contributed by atoms with Gasteiger partial charge in [0, 0.05) is 17.6 Å². The lowest BCUT2D eigenvalue weighted by atomic mass is 10.1. The highest BCUT2D eigenvalue weighted by Gasteiger charge is 2.14. The van der Waals surface area contributed by atoms with Crippen LogP contribution in [0.5, 0.6) is 0 Å². The number of rotatable bonds is 4. The maximum atomic E-state index is 12.0. The molecule has 1 aromatic carbocycles. The minimum Gasteiger partial charge on any atom is -0.357 e. The number of thiocarbonyl (C=S) groups is 1. The molecule has 1 amide bonds. The summed E-state index contributed by atoms with van der Waals surface area (Å²) in [7, 11) is -3.53. The first kappa shape index (κ1) is 19.3. The second-order valence-electron chi connectivity index (χ2n) is 5.81. The average molecular weight is 358 g/mol. The monoisotopic (exact) mass is 358 g/mol. The maximum absolute atomic E-state index is 12.0. The van der Waals surface area contributed by atoms with Crippen LogP contribution in [0.1, 0.15) is 38.1 Å². The van der Waals surface area contributed by atoms with Crippen LogP contribution in [0, 0.1) is 0 Å². The van der Waals surface area contributed by atoms with Crippen molar-refractivity contribution in [3.05, 3.63) is 29.8 Å². The zero-order valence-corrected chi connectivity index (χ0v) is 15.2. The molecule has 23 heavy (non-hydrogen) atoms. The number of nitrogens with one attached hydrogen (secondary N) is 4. The van der Waals surface area contributed by atoms with Crippen LogP contribution in [0.2, 0.25) is 0 Å². The van der Waals surface area contributed by atoms with E-state index in [-0.39, 0.29) is 15.5 Å². The number of carbonyl (C=O) groups excluding carboxylic acids is 1. The van der Waals surface area contributed by atoms with E-state index in [0.717, 1.165) is 0 Å². The highest BCUT2D eigenvalue weighted by atomic mass is 32.2. The van der Waals surface area contributed by atoms with Gasteiger partial charge in [0.2, 0.25) is 10.0 Å². The van der Waals surface area contributed by atoms with Gasteiger partial charge in [0.15, 0.2) is 5.11 Å². The Kier molecular flexibility index (Phi) is 6.48. The first-order valence-corrected chi connectivity index (χ1v) is 8.92. The Bertz CT molecular complexity index is 664. The quantitative estimate of drug-likeness (QED) is 0.471. The predicted molar refractivity (Wildman–Crippen MR) is 93.4 cm³/mol. The first-order chi connectivity index (χ1) is 10.5. The van der Waals surface area contributed by atoms with Crippen LogP contribution in [0.3, 0.4) is 0 Å². The number of carbonyl (C=O) groups is 1. The smallest absolute Gasteiger partial charge is 0.269 e. The van der Waals surface area contributed by atoms with Crippen LogP contribution in [-0.4, -0.2) is 31.5 Å². The second kappa shape index (κ2) is 7.71. The summed E-state index contributed by atoms with van der Waals surface area (Å²) in [5, 5.41) is 3.28. The molecule has 128 valence electrons. The Morgan fingerprint density at radius 1 is 1.13 bits per heavy atom. The van der Waals surface area contributed by atoms with Crippen molar-refractivity contribution >= 4 is 33.3 Å². The topological polar surface area (TPSA) is 99.3 Å². The molecule has 7 nitrogen and oxygen atoms in total. The largest absolute Gasteiger partial charge is 0.357 e. The lowest BCUT2D eigenvalue weighted by Crippen LogP contribution is -2.52. The van der Waals surface area contributed by atoms with E-state index in [2.05, 4.69) is 20.9 Å². The molecule has 0 bridgehead atoms. The number of benzene rings is 1. The predicted octanol–water partition coefficient (Wildman–Crippen LogP) is 0.892. The summed E-state index contributed by atoms with van der Waals surface area (Å²) < 4.78 is 26.0. The number of sulfonamides is 1. The third-order valence-corrected chi connectivity index (χ3v) is 4.30. The van der Waals surface area contributed by atoms with Gasteiger partial charge in [-0.3, -0.25) is 15.6 Å². The third kappa shape index (κ3) is 6.51. The van der Waals surface area contributed by atoms with Gasteiger partial charge in [0.1, 0.15) is 0 Å². The number of hydrogen-bond donors (Lipinski definition) is 4. The Balaban J connectivity index is 2.67. The standard InChI is InChI=1S/C14H22N4O3S2/c1-5-15-23(20,21)11-8-6-10(7-9-11)12(19)17-18-13(22)16-14(2,3)4/h6-9,15H,5H2,1-4H3,(H,17,19)(H2,16,18,22). The molecule has 0 aliphatic heterocycles. The maximum Gasteiger partial charge on any atom is 0.269 e. The fourth-order valence-corrected chi connectivity index (χ4v) is 3.01. The molecule has 1 rings (SSSR count). The van der Waals surface area contributed by atoms with E-state index in [1.165, 1.54) is 24.3 Å². The van der Waals surface area contributed by atoms with Gasteiger partial charge in [-0.1, -0.05) is 6.92 Å². The van der Waals surface area contributed by atoms with Crippen LogP contribution in [0.25, 0.3) is 0 Å². The molecule has 0 saturated heterocycles. The number of amides is 1. The van der Waals surface area contributed by atoms with Gasteiger partial charge in [-0.2, -0.15) is 0 Å². The SMILES string of the molecule is CCNS(=O)(=O)c1ccc(C(=O)NNC(=S)NC(C)(C)C)cc1. The summed E-state index contributed by atoms with van der Waals surface area (Å²) in [6.45, 7) is 7.80. The van der Waals surface area contributed by atoms with Crippen molar-refractivity contribution in [2.75, 3.05) is 6.54 Å². The highest BCUT2D eigenvalue weighted by molar-refractivity contribution is 7.89. The Labute approximate surface area is 142 Å². The summed E-state index contributed by atoms with van der Waals surface area (Å²) in [5.74, 6) is -0.421. The molecule has 4 N–H and O–H groups in total. The van der Waals surface area contributed by atoms with Crippen LogP contribution in [-0.2, 0) is 10.0 Å². The summed E-state index contributed by atoms with van der Waals surface area (Å²) in [5.41, 5.74) is 5.13. The summed E-state index contributed by atoms with van der Waals surface area (Å²) in [6, 6.07) is 5.61. The first-order valence-electron chi connectivity index (χ1n) is 7.03. The molecule has 0 spiro atoms. The van der Waals surface area contributed by atoms with Gasteiger partial charge in [-0.25, -0.2) is 13.1 Å². The molecule has 0 atom stereocenters. The minimum absolute atomic E-state index is 0.105. The fraction of sp³-hybridized carbons (Fsp3) is 0.429. The third-order valence-electron chi connectivity index (χ3n) is 2.54. The number of hydrazine groups is 1. The fourth-order valence-electron chi connectivity index (χ4n) is 1.62. The van der Waals surface area contributed by atoms with Crippen LogP contribution >= 0.6 is 12.2 Å². The minimum atomic E-state index is -3.53. The molecule has 0 heterocycles. The van der Waals surface area contributed by atoms with E-state index in [0.29, 0.717) is 12.1 Å². The zero-order chi connectivity index (χ0) is 17.7. The van der Waals surface area contributed by atoms with Crippen molar-refractivity contribution in [2.45, 2.75) is 38.1 Å². The van der Waals surface area contributed by atoms with E-state index < -0.39 is 15.9 Å². The molecular formula is C14H22N4O3S2. The second-order valence-corrected chi connectivity index (χ2v) is 7.98. The van der Waals surface area contributed by atoms with E-state index in [1.807, 2.05) is 20.8 Å². The molecule has 0 fully saturated rings. The molecule has 0 unspecified atom stereocenters. The normalized spacial score (nSPS) is 11.7. The van der Waals surface area contributed by atoms with E-state index in [9.17, 15) is 13.2 Å². The molecule has 1 aromatic rings. The Morgan fingerprint density at radius 3 is 2.17 bits per heavy atom. The molecule has 9 heteroatoms. The van der Waals surface area contributed by atoms with Gasteiger partial charge in [0.05, 0.1) is 4.90 Å². The average Bonchev–Trinajstić information content (AvgIpc) is 2.43. The molecule has 0 radical (unpaired) electrons. The Hall–Kier alpha value is -1.71. The molecule has 0 aromatic heterocycles. The van der Waals surface area contributed by atoms with Crippen LogP contribution in [0.4, 0.5) is 0 Å². The van der Waals surface area contributed by atoms with Crippen molar-refractivity contribution in [1.29, 1.82) is 0 Å². The molecular weight excluding hydrogens is 336 g/mol. The van der Waals surface area contributed by atoms with Crippen molar-refractivity contribution in [3.8, 4) is 0 Å². The molecule has 0 aliphatic rings.